The summed E-state index contributed by atoms with van der Waals surface area (Å²) in [4.78, 5) is 30.2. The second-order valence-electron chi connectivity index (χ2n) is 8.11. The van der Waals surface area contributed by atoms with Crippen LogP contribution in [-0.4, -0.2) is 40.8 Å². The average Bonchev–Trinajstić information content (AvgIpc) is 3.13. The number of likely N-dealkylation sites (tertiary alicyclic amines) is 1. The Balaban J connectivity index is 1.26. The van der Waals surface area contributed by atoms with E-state index in [-0.39, 0.29) is 11.8 Å². The molecule has 0 radical (unpaired) electrons. The van der Waals surface area contributed by atoms with Crippen LogP contribution < -0.4 is 5.32 Å². The standard InChI is InChI=1S/C22H29N3O2/c26-21(23-18-7-2-1-3-8-18)14-16-10-12-25(13-11-16)22(27)20-15-17-6-4-5-9-19(17)24-20/h4-6,9,15-16,18,24H,1-3,7-8,10-14H2,(H,23,26). The van der Waals surface area contributed by atoms with E-state index in [1.165, 1.54) is 19.3 Å². The SMILES string of the molecule is O=C(CC1CCN(C(=O)c2cc3ccccc3[nH]2)CC1)NC1CCCCC1. The molecule has 4 rings (SSSR count). The van der Waals surface area contributed by atoms with Gasteiger partial charge in [0, 0.05) is 36.5 Å². The Kier molecular flexibility index (Phi) is 5.46. The maximum absolute atomic E-state index is 12.8. The van der Waals surface area contributed by atoms with E-state index in [2.05, 4.69) is 10.3 Å². The maximum atomic E-state index is 12.8. The van der Waals surface area contributed by atoms with Crippen molar-refractivity contribution in [2.45, 2.75) is 57.4 Å². The Morgan fingerprint density at radius 2 is 1.78 bits per heavy atom. The van der Waals surface area contributed by atoms with Crippen LogP contribution in [0.2, 0.25) is 0 Å². The molecule has 0 unspecified atom stereocenters. The van der Waals surface area contributed by atoms with E-state index in [9.17, 15) is 9.59 Å². The molecule has 2 amide bonds. The highest BCUT2D eigenvalue weighted by molar-refractivity contribution is 5.98. The number of benzene rings is 1. The first-order valence-corrected chi connectivity index (χ1v) is 10.4. The number of nitrogens with one attached hydrogen (secondary N) is 2. The number of piperidine rings is 1. The smallest absolute Gasteiger partial charge is 0.270 e. The van der Waals surface area contributed by atoms with Crippen molar-refractivity contribution in [3.63, 3.8) is 0 Å². The fourth-order valence-corrected chi connectivity index (χ4v) is 4.49. The van der Waals surface area contributed by atoms with Crippen LogP contribution in [0.5, 0.6) is 0 Å². The number of nitrogens with zero attached hydrogens (tertiary/aromatic N) is 1. The van der Waals surface area contributed by atoms with Crippen LogP contribution in [0, 0.1) is 5.92 Å². The summed E-state index contributed by atoms with van der Waals surface area (Å²) in [6.07, 6.45) is 8.44. The molecule has 2 fully saturated rings. The number of aromatic nitrogens is 1. The summed E-state index contributed by atoms with van der Waals surface area (Å²) in [6.45, 7) is 1.46. The number of hydrogen-bond donors (Lipinski definition) is 2. The van der Waals surface area contributed by atoms with Gasteiger partial charge in [0.1, 0.15) is 5.69 Å². The third kappa shape index (κ3) is 4.34. The van der Waals surface area contributed by atoms with Gasteiger partial charge in [-0.1, -0.05) is 37.5 Å². The fourth-order valence-electron chi connectivity index (χ4n) is 4.49. The lowest BCUT2D eigenvalue weighted by atomic mass is 9.92. The first kappa shape index (κ1) is 18.1. The predicted octanol–water partition coefficient (Wildman–Crippen LogP) is 3.86. The number of fused-ring (bicyclic) bond motifs is 1. The lowest BCUT2D eigenvalue weighted by molar-refractivity contribution is -0.123. The highest BCUT2D eigenvalue weighted by atomic mass is 16.2. The van der Waals surface area contributed by atoms with Gasteiger partial charge in [-0.25, -0.2) is 0 Å². The lowest BCUT2D eigenvalue weighted by Crippen LogP contribution is -2.41. The van der Waals surface area contributed by atoms with E-state index in [4.69, 9.17) is 0 Å². The van der Waals surface area contributed by atoms with E-state index in [1.807, 2.05) is 35.2 Å². The number of rotatable bonds is 4. The summed E-state index contributed by atoms with van der Waals surface area (Å²) < 4.78 is 0. The molecule has 0 atom stereocenters. The number of amides is 2. The summed E-state index contributed by atoms with van der Waals surface area (Å²) in [7, 11) is 0. The second-order valence-corrected chi connectivity index (χ2v) is 8.11. The van der Waals surface area contributed by atoms with Crippen molar-refractivity contribution in [3.8, 4) is 0 Å². The van der Waals surface area contributed by atoms with Gasteiger partial charge in [-0.3, -0.25) is 9.59 Å². The Labute approximate surface area is 160 Å². The quantitative estimate of drug-likeness (QED) is 0.862. The molecular weight excluding hydrogens is 338 g/mol. The second kappa shape index (κ2) is 8.15. The van der Waals surface area contributed by atoms with E-state index < -0.39 is 0 Å². The monoisotopic (exact) mass is 367 g/mol. The van der Waals surface area contributed by atoms with Gasteiger partial charge < -0.3 is 15.2 Å². The Bertz CT molecular complexity index is 766. The normalized spacial score (nSPS) is 19.3. The Hall–Kier alpha value is -2.30. The number of carbonyl (C=O) groups is 2. The first-order chi connectivity index (χ1) is 13.2. The summed E-state index contributed by atoms with van der Waals surface area (Å²) >= 11 is 0. The van der Waals surface area contributed by atoms with E-state index in [0.717, 1.165) is 49.7 Å². The van der Waals surface area contributed by atoms with Gasteiger partial charge in [-0.15, -0.1) is 0 Å². The van der Waals surface area contributed by atoms with Crippen LogP contribution in [0.4, 0.5) is 0 Å². The number of H-pyrrole nitrogens is 1. The van der Waals surface area contributed by atoms with Crippen LogP contribution in [-0.2, 0) is 4.79 Å². The molecule has 1 saturated heterocycles. The third-order valence-corrected chi connectivity index (χ3v) is 6.11. The van der Waals surface area contributed by atoms with Crippen molar-refractivity contribution in [1.82, 2.24) is 15.2 Å². The van der Waals surface area contributed by atoms with Gasteiger partial charge in [-0.05, 0) is 43.7 Å². The van der Waals surface area contributed by atoms with Crippen molar-refractivity contribution in [2.75, 3.05) is 13.1 Å². The molecule has 0 spiro atoms. The molecule has 144 valence electrons. The van der Waals surface area contributed by atoms with Crippen molar-refractivity contribution >= 4 is 22.7 Å². The largest absolute Gasteiger partial charge is 0.353 e. The maximum Gasteiger partial charge on any atom is 0.270 e. The minimum atomic E-state index is 0.0660. The molecule has 5 nitrogen and oxygen atoms in total. The number of carbonyl (C=O) groups excluding carboxylic acids is 2. The highest BCUT2D eigenvalue weighted by Crippen LogP contribution is 2.24. The minimum absolute atomic E-state index is 0.0660. The van der Waals surface area contributed by atoms with Gasteiger partial charge >= 0.3 is 0 Å². The molecule has 1 aromatic heterocycles. The molecule has 1 aliphatic carbocycles. The van der Waals surface area contributed by atoms with Crippen molar-refractivity contribution in [2.24, 2.45) is 5.92 Å². The van der Waals surface area contributed by atoms with Crippen LogP contribution >= 0.6 is 0 Å². The van der Waals surface area contributed by atoms with Gasteiger partial charge in [0.2, 0.25) is 5.91 Å². The number of hydrogen-bond acceptors (Lipinski definition) is 2. The summed E-state index contributed by atoms with van der Waals surface area (Å²) in [5.41, 5.74) is 1.65. The van der Waals surface area contributed by atoms with E-state index in [1.54, 1.807) is 0 Å². The molecule has 2 aromatic rings. The number of aromatic amines is 1. The predicted molar refractivity (Wildman–Crippen MR) is 107 cm³/mol. The molecule has 2 heterocycles. The Morgan fingerprint density at radius 3 is 2.52 bits per heavy atom. The summed E-state index contributed by atoms with van der Waals surface area (Å²) in [6, 6.07) is 10.3. The van der Waals surface area contributed by atoms with E-state index >= 15 is 0 Å². The summed E-state index contributed by atoms with van der Waals surface area (Å²) in [5.74, 6) is 0.652. The van der Waals surface area contributed by atoms with Crippen LogP contribution in [0.3, 0.4) is 0 Å². The van der Waals surface area contributed by atoms with Crippen LogP contribution in [0.1, 0.15) is 61.9 Å². The summed E-state index contributed by atoms with van der Waals surface area (Å²) in [5, 5.41) is 4.28. The molecule has 2 N–H and O–H groups in total. The van der Waals surface area contributed by atoms with Crippen molar-refractivity contribution in [3.05, 3.63) is 36.0 Å². The molecule has 1 aromatic carbocycles. The van der Waals surface area contributed by atoms with Crippen molar-refractivity contribution < 1.29 is 9.59 Å². The minimum Gasteiger partial charge on any atom is -0.353 e. The zero-order valence-electron chi connectivity index (χ0n) is 15.9. The topological polar surface area (TPSA) is 65.2 Å². The molecule has 1 saturated carbocycles. The molecule has 2 aliphatic rings. The first-order valence-electron chi connectivity index (χ1n) is 10.4. The van der Waals surface area contributed by atoms with Gasteiger partial charge in [0.25, 0.3) is 5.91 Å². The third-order valence-electron chi connectivity index (χ3n) is 6.11. The lowest BCUT2D eigenvalue weighted by Gasteiger charge is -2.32. The molecule has 5 heteroatoms. The van der Waals surface area contributed by atoms with Crippen molar-refractivity contribution in [1.29, 1.82) is 0 Å². The Morgan fingerprint density at radius 1 is 1.04 bits per heavy atom. The zero-order chi connectivity index (χ0) is 18.6. The average molecular weight is 367 g/mol. The number of para-hydroxylation sites is 1. The van der Waals surface area contributed by atoms with Gasteiger partial charge in [0.15, 0.2) is 0 Å². The molecule has 0 bridgehead atoms. The van der Waals surface area contributed by atoms with Gasteiger partial charge in [0.05, 0.1) is 0 Å². The van der Waals surface area contributed by atoms with E-state index in [0.29, 0.717) is 24.1 Å². The van der Waals surface area contributed by atoms with Gasteiger partial charge in [-0.2, -0.15) is 0 Å². The molecule has 27 heavy (non-hydrogen) atoms. The van der Waals surface area contributed by atoms with Crippen LogP contribution in [0.25, 0.3) is 10.9 Å². The van der Waals surface area contributed by atoms with Crippen LogP contribution in [0.15, 0.2) is 30.3 Å². The highest BCUT2D eigenvalue weighted by Gasteiger charge is 2.26. The molecule has 1 aliphatic heterocycles. The fraction of sp³-hybridized carbons (Fsp3) is 0.545. The zero-order valence-corrected chi connectivity index (χ0v) is 15.9. The molecular formula is C22H29N3O2.